The highest BCUT2D eigenvalue weighted by atomic mass is 16.5. The predicted octanol–water partition coefficient (Wildman–Crippen LogP) is -0.171. The molecule has 1 unspecified atom stereocenters. The molecule has 0 aromatic heterocycles. The summed E-state index contributed by atoms with van der Waals surface area (Å²) in [6, 6.07) is 0. The normalized spacial score (nSPS) is 13.3. The molecule has 72 valence electrons. The molecular weight excluding hydrogens is 156 g/mol. The smallest absolute Gasteiger partial charge is 0.243 e. The summed E-state index contributed by atoms with van der Waals surface area (Å²) in [5.74, 6) is -0.410. The van der Waals surface area contributed by atoms with Crippen LogP contribution in [0.4, 0.5) is 0 Å². The Morgan fingerprint density at radius 1 is 1.58 bits per heavy atom. The van der Waals surface area contributed by atoms with E-state index in [-0.39, 0.29) is 12.7 Å². The molecule has 0 heterocycles. The average Bonchev–Trinajstić information content (AvgIpc) is 1.97. The molecule has 0 radical (unpaired) electrons. The van der Waals surface area contributed by atoms with Crippen molar-refractivity contribution in [2.24, 2.45) is 5.73 Å². The summed E-state index contributed by atoms with van der Waals surface area (Å²) in [4.78, 5) is 12.4. The summed E-state index contributed by atoms with van der Waals surface area (Å²) in [6.07, 6.45) is 0.998. The molecule has 0 aromatic rings. The molecule has 0 aromatic carbocycles. The van der Waals surface area contributed by atoms with Crippen LogP contribution in [-0.4, -0.2) is 44.2 Å². The number of carbonyl (C=O) groups is 1. The molecule has 1 amide bonds. The first kappa shape index (κ1) is 11.4. The molecule has 0 aliphatic rings. The van der Waals surface area contributed by atoms with Gasteiger partial charge in [0.05, 0.1) is 6.10 Å². The van der Waals surface area contributed by atoms with Gasteiger partial charge >= 0.3 is 0 Å². The minimum absolute atomic E-state index is 0.0202. The van der Waals surface area contributed by atoms with Gasteiger partial charge in [0.2, 0.25) is 5.91 Å². The van der Waals surface area contributed by atoms with Crippen molar-refractivity contribution in [3.05, 3.63) is 0 Å². The molecule has 4 heteroatoms. The van der Waals surface area contributed by atoms with Crippen LogP contribution in [0, 0.1) is 0 Å². The molecule has 4 nitrogen and oxygen atoms in total. The summed E-state index contributed by atoms with van der Waals surface area (Å²) in [6.45, 7) is 2.87. The van der Waals surface area contributed by atoms with Gasteiger partial charge in [-0.05, 0) is 20.5 Å². The SMILES string of the molecule is CCC(CN(C)C)OCC(N)=O. The first-order chi connectivity index (χ1) is 5.56. The van der Waals surface area contributed by atoms with Gasteiger partial charge in [-0.2, -0.15) is 0 Å². The van der Waals surface area contributed by atoms with E-state index >= 15 is 0 Å². The quantitative estimate of drug-likeness (QED) is 0.608. The largest absolute Gasteiger partial charge is 0.368 e. The van der Waals surface area contributed by atoms with Crippen molar-refractivity contribution in [1.29, 1.82) is 0 Å². The summed E-state index contributed by atoms with van der Waals surface area (Å²) in [7, 11) is 3.94. The number of rotatable bonds is 6. The number of ether oxygens (including phenoxy) is 1. The van der Waals surface area contributed by atoms with Gasteiger partial charge in [0.15, 0.2) is 0 Å². The molecule has 12 heavy (non-hydrogen) atoms. The number of amides is 1. The molecule has 0 spiro atoms. The maximum atomic E-state index is 10.4. The van der Waals surface area contributed by atoms with Crippen LogP contribution in [0.5, 0.6) is 0 Å². The zero-order valence-corrected chi connectivity index (χ0v) is 8.04. The van der Waals surface area contributed by atoms with E-state index in [0.29, 0.717) is 0 Å². The molecule has 2 N–H and O–H groups in total. The van der Waals surface area contributed by atoms with Crippen molar-refractivity contribution in [3.63, 3.8) is 0 Å². The lowest BCUT2D eigenvalue weighted by atomic mass is 10.2. The van der Waals surface area contributed by atoms with E-state index in [0.717, 1.165) is 13.0 Å². The van der Waals surface area contributed by atoms with Gasteiger partial charge in [0.1, 0.15) is 6.61 Å². The van der Waals surface area contributed by atoms with Gasteiger partial charge in [0.25, 0.3) is 0 Å². The van der Waals surface area contributed by atoms with Crippen molar-refractivity contribution < 1.29 is 9.53 Å². The molecule has 0 aliphatic carbocycles. The third-order valence-electron chi connectivity index (χ3n) is 1.49. The lowest BCUT2D eigenvalue weighted by molar-refractivity contribution is -0.124. The fraction of sp³-hybridized carbons (Fsp3) is 0.875. The maximum absolute atomic E-state index is 10.4. The highest BCUT2D eigenvalue weighted by Gasteiger charge is 2.08. The Morgan fingerprint density at radius 3 is 2.50 bits per heavy atom. The topological polar surface area (TPSA) is 55.6 Å². The minimum Gasteiger partial charge on any atom is -0.368 e. The zero-order chi connectivity index (χ0) is 9.56. The van der Waals surface area contributed by atoms with Gasteiger partial charge in [0, 0.05) is 6.54 Å². The maximum Gasteiger partial charge on any atom is 0.243 e. The molecule has 0 saturated heterocycles. The number of nitrogens with two attached hydrogens (primary N) is 1. The van der Waals surface area contributed by atoms with E-state index in [2.05, 4.69) is 0 Å². The lowest BCUT2D eigenvalue weighted by Crippen LogP contribution is -2.31. The molecule has 0 rings (SSSR count). The van der Waals surface area contributed by atoms with Crippen molar-refractivity contribution in [2.45, 2.75) is 19.4 Å². The number of hydrogen-bond donors (Lipinski definition) is 1. The van der Waals surface area contributed by atoms with E-state index in [4.69, 9.17) is 10.5 Å². The molecular formula is C8H18N2O2. The molecule has 0 aliphatic heterocycles. The van der Waals surface area contributed by atoms with Crippen LogP contribution in [0.1, 0.15) is 13.3 Å². The van der Waals surface area contributed by atoms with Gasteiger partial charge in [-0.25, -0.2) is 0 Å². The Hall–Kier alpha value is -0.610. The van der Waals surface area contributed by atoms with E-state index in [1.165, 1.54) is 0 Å². The van der Waals surface area contributed by atoms with Crippen molar-refractivity contribution in [2.75, 3.05) is 27.2 Å². The van der Waals surface area contributed by atoms with Crippen LogP contribution >= 0.6 is 0 Å². The third-order valence-corrected chi connectivity index (χ3v) is 1.49. The monoisotopic (exact) mass is 174 g/mol. The van der Waals surface area contributed by atoms with Crippen LogP contribution in [0.15, 0.2) is 0 Å². The number of primary amides is 1. The van der Waals surface area contributed by atoms with E-state index < -0.39 is 5.91 Å². The average molecular weight is 174 g/mol. The Balaban J connectivity index is 3.60. The standard InChI is InChI=1S/C8H18N2O2/c1-4-7(5-10(2)3)12-6-8(9)11/h7H,4-6H2,1-3H3,(H2,9,11). The van der Waals surface area contributed by atoms with Crippen LogP contribution in [0.2, 0.25) is 0 Å². The third kappa shape index (κ3) is 6.12. The van der Waals surface area contributed by atoms with Crippen molar-refractivity contribution >= 4 is 5.91 Å². The fourth-order valence-corrected chi connectivity index (χ4v) is 0.907. The highest BCUT2D eigenvalue weighted by molar-refractivity contribution is 5.74. The van der Waals surface area contributed by atoms with Crippen LogP contribution < -0.4 is 5.73 Å². The summed E-state index contributed by atoms with van der Waals surface area (Å²) < 4.78 is 5.25. The first-order valence-corrected chi connectivity index (χ1v) is 4.10. The Bertz CT molecular complexity index is 137. The number of hydrogen-bond acceptors (Lipinski definition) is 3. The Kier molecular flexibility index (Phi) is 5.66. The van der Waals surface area contributed by atoms with Gasteiger partial charge in [-0.1, -0.05) is 6.92 Å². The van der Waals surface area contributed by atoms with Gasteiger partial charge in [-0.15, -0.1) is 0 Å². The second kappa shape index (κ2) is 5.97. The van der Waals surface area contributed by atoms with E-state index in [1.807, 2.05) is 25.9 Å². The van der Waals surface area contributed by atoms with Gasteiger partial charge < -0.3 is 15.4 Å². The first-order valence-electron chi connectivity index (χ1n) is 4.10. The van der Waals surface area contributed by atoms with Crippen molar-refractivity contribution in [1.82, 2.24) is 4.90 Å². The lowest BCUT2D eigenvalue weighted by Gasteiger charge is -2.19. The van der Waals surface area contributed by atoms with Crippen LogP contribution in [0.3, 0.4) is 0 Å². The van der Waals surface area contributed by atoms with Crippen LogP contribution in [0.25, 0.3) is 0 Å². The Labute approximate surface area is 73.7 Å². The van der Waals surface area contributed by atoms with E-state index in [9.17, 15) is 4.79 Å². The highest BCUT2D eigenvalue weighted by Crippen LogP contribution is 1.98. The minimum atomic E-state index is -0.410. The fourth-order valence-electron chi connectivity index (χ4n) is 0.907. The zero-order valence-electron chi connectivity index (χ0n) is 8.04. The molecule has 0 fully saturated rings. The number of carbonyl (C=O) groups excluding carboxylic acids is 1. The summed E-state index contributed by atoms with van der Waals surface area (Å²) in [5.41, 5.74) is 4.95. The van der Waals surface area contributed by atoms with Gasteiger partial charge in [-0.3, -0.25) is 4.79 Å². The second-order valence-electron chi connectivity index (χ2n) is 3.07. The Morgan fingerprint density at radius 2 is 2.17 bits per heavy atom. The van der Waals surface area contributed by atoms with Crippen molar-refractivity contribution in [3.8, 4) is 0 Å². The number of likely N-dealkylation sites (N-methyl/N-ethyl adjacent to an activating group) is 1. The second-order valence-corrected chi connectivity index (χ2v) is 3.07. The molecule has 0 bridgehead atoms. The predicted molar refractivity (Wildman–Crippen MR) is 47.8 cm³/mol. The van der Waals surface area contributed by atoms with E-state index in [1.54, 1.807) is 0 Å². The molecule has 1 atom stereocenters. The summed E-state index contributed by atoms with van der Waals surface area (Å²) in [5, 5.41) is 0. The van der Waals surface area contributed by atoms with Crippen LogP contribution in [-0.2, 0) is 9.53 Å². The summed E-state index contributed by atoms with van der Waals surface area (Å²) >= 11 is 0. The number of nitrogens with zero attached hydrogens (tertiary/aromatic N) is 1. The molecule has 0 saturated carbocycles.